The number of hydrogen-bond acceptors (Lipinski definition) is 8. The molecule has 2 heterocycles. The molecule has 0 spiro atoms. The van der Waals surface area contributed by atoms with Gasteiger partial charge < -0.3 is 9.47 Å². The number of unbranched alkanes of at least 4 members (excludes halogenated alkanes) is 1. The van der Waals surface area contributed by atoms with E-state index in [0.717, 1.165) is 9.80 Å². The minimum absolute atomic E-state index is 0.0848. The molecule has 2 atom stereocenters. The molecule has 0 saturated carbocycles. The molecular formula is C22H28N2O8. The van der Waals surface area contributed by atoms with Crippen molar-refractivity contribution in [3.63, 3.8) is 0 Å². The molecule has 2 unspecified atom stereocenters. The fourth-order valence-electron chi connectivity index (χ4n) is 3.24. The zero-order valence-corrected chi connectivity index (χ0v) is 18.3. The van der Waals surface area contributed by atoms with Crippen LogP contribution in [0.3, 0.4) is 0 Å². The highest BCUT2D eigenvalue weighted by atomic mass is 16.5. The normalized spacial score (nSPS) is 17.3. The van der Waals surface area contributed by atoms with Crippen molar-refractivity contribution in [2.45, 2.75) is 39.5 Å². The Morgan fingerprint density at radius 3 is 1.31 bits per heavy atom. The number of amides is 4. The summed E-state index contributed by atoms with van der Waals surface area (Å²) >= 11 is 0. The van der Waals surface area contributed by atoms with Gasteiger partial charge >= 0.3 is 11.9 Å². The van der Waals surface area contributed by atoms with Crippen LogP contribution in [0.4, 0.5) is 0 Å². The number of imide groups is 2. The van der Waals surface area contributed by atoms with E-state index in [-0.39, 0.29) is 74.6 Å². The maximum atomic E-state index is 11.9. The van der Waals surface area contributed by atoms with Crippen molar-refractivity contribution in [1.82, 2.24) is 9.80 Å². The van der Waals surface area contributed by atoms with E-state index >= 15 is 0 Å². The number of carbonyl (C=O) groups excluding carboxylic acids is 6. The zero-order valence-electron chi connectivity index (χ0n) is 18.3. The first-order chi connectivity index (χ1) is 15.2. The summed E-state index contributed by atoms with van der Waals surface area (Å²) < 4.78 is 10.3. The second-order valence-electron chi connectivity index (χ2n) is 8.01. The molecule has 0 aliphatic carbocycles. The Bertz CT molecular complexity index is 728. The predicted octanol–water partition coefficient (Wildman–Crippen LogP) is 0.755. The van der Waals surface area contributed by atoms with Gasteiger partial charge in [-0.1, -0.05) is 13.8 Å². The number of ether oxygens (including phenoxy) is 2. The fourth-order valence-corrected chi connectivity index (χ4v) is 3.24. The zero-order chi connectivity index (χ0) is 23.7. The average molecular weight is 448 g/mol. The number of esters is 2. The summed E-state index contributed by atoms with van der Waals surface area (Å²) in [6.07, 6.45) is 6.00. The van der Waals surface area contributed by atoms with Crippen LogP contribution in [0.25, 0.3) is 0 Å². The number of carbonyl (C=O) groups is 6. The highest BCUT2D eigenvalue weighted by Crippen LogP contribution is 2.13. The van der Waals surface area contributed by atoms with Gasteiger partial charge in [0, 0.05) is 50.2 Å². The molecule has 174 valence electrons. The summed E-state index contributed by atoms with van der Waals surface area (Å²) in [6, 6.07) is 0. The first-order valence-corrected chi connectivity index (χ1v) is 10.6. The van der Waals surface area contributed by atoms with E-state index in [2.05, 4.69) is 0 Å². The SMILES string of the molecule is CC(CC(=O)OCCCCOC(=O)CC(C)CN1C(=O)C=CC1=O)CN1C(=O)C=CC1=O. The van der Waals surface area contributed by atoms with Crippen LogP contribution < -0.4 is 0 Å². The average Bonchev–Trinajstić information content (AvgIpc) is 3.20. The third-order valence-corrected chi connectivity index (χ3v) is 4.88. The second kappa shape index (κ2) is 11.9. The van der Waals surface area contributed by atoms with Gasteiger partial charge in [0.25, 0.3) is 23.6 Å². The topological polar surface area (TPSA) is 127 Å². The third kappa shape index (κ3) is 7.75. The lowest BCUT2D eigenvalue weighted by Gasteiger charge is -2.18. The van der Waals surface area contributed by atoms with Gasteiger partial charge in [0.15, 0.2) is 0 Å². The highest BCUT2D eigenvalue weighted by Gasteiger charge is 2.27. The second-order valence-corrected chi connectivity index (χ2v) is 8.01. The molecule has 10 nitrogen and oxygen atoms in total. The van der Waals surface area contributed by atoms with Crippen molar-refractivity contribution in [2.75, 3.05) is 26.3 Å². The highest BCUT2D eigenvalue weighted by molar-refractivity contribution is 6.13. The van der Waals surface area contributed by atoms with Crippen molar-refractivity contribution in [3.8, 4) is 0 Å². The molecule has 0 bridgehead atoms. The van der Waals surface area contributed by atoms with Crippen molar-refractivity contribution < 1.29 is 38.2 Å². The maximum Gasteiger partial charge on any atom is 0.306 e. The molecule has 0 aromatic heterocycles. The number of nitrogens with zero attached hydrogens (tertiary/aromatic N) is 2. The van der Waals surface area contributed by atoms with Gasteiger partial charge in [0.2, 0.25) is 0 Å². The van der Waals surface area contributed by atoms with E-state index in [4.69, 9.17) is 9.47 Å². The van der Waals surface area contributed by atoms with Gasteiger partial charge in [-0.2, -0.15) is 0 Å². The van der Waals surface area contributed by atoms with Crippen LogP contribution >= 0.6 is 0 Å². The Morgan fingerprint density at radius 1 is 0.688 bits per heavy atom. The number of rotatable bonds is 13. The molecule has 2 aliphatic rings. The molecule has 10 heteroatoms. The van der Waals surface area contributed by atoms with E-state index in [1.54, 1.807) is 13.8 Å². The summed E-state index contributed by atoms with van der Waals surface area (Å²) in [5.74, 6) is -2.81. The molecule has 0 fully saturated rings. The Morgan fingerprint density at radius 2 is 1.00 bits per heavy atom. The van der Waals surface area contributed by atoms with Crippen molar-refractivity contribution >= 4 is 35.6 Å². The Hall–Kier alpha value is -3.30. The van der Waals surface area contributed by atoms with Gasteiger partial charge in [-0.25, -0.2) is 0 Å². The molecule has 2 aliphatic heterocycles. The molecule has 0 radical (unpaired) electrons. The van der Waals surface area contributed by atoms with E-state index in [9.17, 15) is 28.8 Å². The van der Waals surface area contributed by atoms with Crippen LogP contribution in [0.1, 0.15) is 39.5 Å². The van der Waals surface area contributed by atoms with Crippen molar-refractivity contribution in [1.29, 1.82) is 0 Å². The monoisotopic (exact) mass is 448 g/mol. The van der Waals surface area contributed by atoms with Gasteiger partial charge in [-0.05, 0) is 24.7 Å². The standard InChI is InChI=1S/C22H28N2O8/c1-15(13-23-17(25)5-6-18(23)26)11-21(29)31-9-3-4-10-32-22(30)12-16(2)14-24-19(27)7-8-20(24)28/h5-8,15-16H,3-4,9-14H2,1-2H3. The smallest absolute Gasteiger partial charge is 0.306 e. The van der Waals surface area contributed by atoms with Crippen molar-refractivity contribution in [3.05, 3.63) is 24.3 Å². The fraction of sp³-hybridized carbons (Fsp3) is 0.545. The first kappa shape index (κ1) is 25.0. The Balaban J connectivity index is 1.50. The van der Waals surface area contributed by atoms with E-state index in [1.165, 1.54) is 24.3 Å². The molecule has 4 amide bonds. The molecular weight excluding hydrogens is 420 g/mol. The minimum atomic E-state index is -0.420. The van der Waals surface area contributed by atoms with E-state index in [1.807, 2.05) is 0 Å². The molecule has 0 saturated heterocycles. The van der Waals surface area contributed by atoms with E-state index in [0.29, 0.717) is 12.8 Å². The molecule has 32 heavy (non-hydrogen) atoms. The van der Waals surface area contributed by atoms with Gasteiger partial charge in [0.1, 0.15) is 0 Å². The largest absolute Gasteiger partial charge is 0.466 e. The lowest BCUT2D eigenvalue weighted by atomic mass is 10.1. The summed E-state index contributed by atoms with van der Waals surface area (Å²) in [5, 5.41) is 0. The number of hydrogen-bond donors (Lipinski definition) is 0. The molecule has 0 N–H and O–H groups in total. The van der Waals surface area contributed by atoms with E-state index < -0.39 is 11.9 Å². The van der Waals surface area contributed by atoms with Gasteiger partial charge in [0.05, 0.1) is 13.2 Å². The lowest BCUT2D eigenvalue weighted by Crippen LogP contribution is -2.34. The third-order valence-electron chi connectivity index (χ3n) is 4.88. The quantitative estimate of drug-likeness (QED) is 0.229. The predicted molar refractivity (Wildman–Crippen MR) is 110 cm³/mol. The summed E-state index contributed by atoms with van der Waals surface area (Å²) in [7, 11) is 0. The summed E-state index contributed by atoms with van der Waals surface area (Å²) in [5.41, 5.74) is 0. The van der Waals surface area contributed by atoms with Crippen LogP contribution in [0.15, 0.2) is 24.3 Å². The summed E-state index contributed by atoms with van der Waals surface area (Å²) in [4.78, 5) is 72.0. The van der Waals surface area contributed by atoms with Gasteiger partial charge in [-0.3, -0.25) is 38.6 Å². The molecule has 2 rings (SSSR count). The van der Waals surface area contributed by atoms with Gasteiger partial charge in [-0.15, -0.1) is 0 Å². The molecule has 0 aromatic carbocycles. The van der Waals surface area contributed by atoms with Crippen LogP contribution in [-0.4, -0.2) is 71.7 Å². The first-order valence-electron chi connectivity index (χ1n) is 10.6. The van der Waals surface area contributed by atoms with Crippen LogP contribution in [0, 0.1) is 11.8 Å². The van der Waals surface area contributed by atoms with Crippen LogP contribution in [0.2, 0.25) is 0 Å². The minimum Gasteiger partial charge on any atom is -0.466 e. The Labute approximate surface area is 186 Å². The maximum absolute atomic E-state index is 11.9. The Kier molecular flexibility index (Phi) is 9.30. The van der Waals surface area contributed by atoms with Crippen molar-refractivity contribution in [2.24, 2.45) is 11.8 Å². The van der Waals surface area contributed by atoms with Crippen LogP contribution in [0.5, 0.6) is 0 Å². The summed E-state index contributed by atoms with van der Waals surface area (Å²) in [6.45, 7) is 4.18. The molecule has 0 aromatic rings. The lowest BCUT2D eigenvalue weighted by molar-refractivity contribution is -0.148. The van der Waals surface area contributed by atoms with Crippen LogP contribution in [-0.2, 0) is 38.2 Å².